The molecule has 3 rings (SSSR count). The molecule has 3 atom stereocenters. The Hall–Kier alpha value is -0.980. The van der Waals surface area contributed by atoms with E-state index >= 15 is 0 Å². The zero-order valence-corrected chi connectivity index (χ0v) is 11.0. The summed E-state index contributed by atoms with van der Waals surface area (Å²) in [5, 5.41) is 10.2. The zero-order valence-electron chi connectivity index (χ0n) is 11.0. The van der Waals surface area contributed by atoms with Crippen molar-refractivity contribution in [1.29, 1.82) is 0 Å². The van der Waals surface area contributed by atoms with E-state index < -0.39 is 0 Å². The lowest BCUT2D eigenvalue weighted by Crippen LogP contribution is -2.44. The molecule has 17 heavy (non-hydrogen) atoms. The summed E-state index contributed by atoms with van der Waals surface area (Å²) in [5.74, 6) is 2.06. The molecule has 1 aromatic carbocycles. The van der Waals surface area contributed by atoms with Gasteiger partial charge < -0.3 is 5.11 Å². The molecule has 1 nitrogen and oxygen atoms in total. The number of aromatic hydroxyl groups is 1. The van der Waals surface area contributed by atoms with E-state index in [9.17, 15) is 5.11 Å². The Labute approximate surface area is 104 Å². The van der Waals surface area contributed by atoms with Crippen molar-refractivity contribution in [2.45, 2.75) is 45.4 Å². The van der Waals surface area contributed by atoms with E-state index in [-0.39, 0.29) is 5.41 Å². The minimum atomic E-state index is 0.140. The molecular formula is C16H22O. The van der Waals surface area contributed by atoms with Crippen LogP contribution in [0.15, 0.2) is 24.3 Å². The number of rotatable bonds is 1. The summed E-state index contributed by atoms with van der Waals surface area (Å²) in [4.78, 5) is 0. The zero-order chi connectivity index (χ0) is 12.3. The first kappa shape index (κ1) is 11.1. The molecule has 2 aliphatic rings. The van der Waals surface area contributed by atoms with E-state index in [1.807, 2.05) is 12.1 Å². The fourth-order valence-corrected chi connectivity index (χ4v) is 4.59. The number of fused-ring (bicyclic) bond motifs is 2. The number of phenols is 1. The van der Waals surface area contributed by atoms with Gasteiger partial charge in [0.25, 0.3) is 0 Å². The molecular weight excluding hydrogens is 208 g/mol. The Bertz CT molecular complexity index is 449. The minimum absolute atomic E-state index is 0.140. The van der Waals surface area contributed by atoms with Crippen LogP contribution in [0.1, 0.15) is 45.6 Å². The highest BCUT2D eigenvalue weighted by Crippen LogP contribution is 2.67. The number of hydrogen-bond donors (Lipinski definition) is 1. The molecule has 2 bridgehead atoms. The molecule has 1 N–H and O–H groups in total. The average Bonchev–Trinajstić information content (AvgIpc) is 2.83. The molecule has 0 unspecified atom stereocenters. The van der Waals surface area contributed by atoms with Crippen LogP contribution < -0.4 is 0 Å². The van der Waals surface area contributed by atoms with Crippen LogP contribution in [0.5, 0.6) is 5.75 Å². The predicted octanol–water partition coefficient (Wildman–Crippen LogP) is 4.11. The third-order valence-corrected chi connectivity index (χ3v) is 6.07. The second-order valence-corrected chi connectivity index (χ2v) is 6.65. The molecule has 92 valence electrons. The maximum atomic E-state index is 10.2. The highest BCUT2D eigenvalue weighted by atomic mass is 16.3. The van der Waals surface area contributed by atoms with Gasteiger partial charge in [0.05, 0.1) is 0 Å². The van der Waals surface area contributed by atoms with E-state index in [2.05, 4.69) is 32.9 Å². The summed E-state index contributed by atoms with van der Waals surface area (Å²) in [6, 6.07) is 7.94. The van der Waals surface area contributed by atoms with E-state index in [1.54, 1.807) is 0 Å². The van der Waals surface area contributed by atoms with Gasteiger partial charge in [0.1, 0.15) is 5.75 Å². The standard InChI is InChI=1S/C16H22O/c1-15(2)11-8-9-12(10-11)16(15,3)13-6-4-5-7-14(13)17/h4-7,11-12,17H,8-10H2,1-3H3/t11-,12-,16+/m1/s1. The van der Waals surface area contributed by atoms with Gasteiger partial charge in [0, 0.05) is 11.0 Å². The summed E-state index contributed by atoms with van der Waals surface area (Å²) in [7, 11) is 0. The lowest BCUT2D eigenvalue weighted by atomic mass is 9.56. The van der Waals surface area contributed by atoms with Gasteiger partial charge in [-0.25, -0.2) is 0 Å². The van der Waals surface area contributed by atoms with Crippen LogP contribution in [0.2, 0.25) is 0 Å². The Balaban J connectivity index is 2.16. The summed E-state index contributed by atoms with van der Waals surface area (Å²) < 4.78 is 0. The monoisotopic (exact) mass is 230 g/mol. The lowest BCUT2D eigenvalue weighted by Gasteiger charge is -2.48. The first-order chi connectivity index (χ1) is 7.98. The van der Waals surface area contributed by atoms with Crippen LogP contribution in [-0.2, 0) is 5.41 Å². The SMILES string of the molecule is CC1(C)[C@@H]2CC[C@H](C2)[C@@]1(C)c1ccccc1O. The summed E-state index contributed by atoms with van der Waals surface area (Å²) in [6.45, 7) is 7.15. The van der Waals surface area contributed by atoms with E-state index in [0.29, 0.717) is 11.2 Å². The Morgan fingerprint density at radius 3 is 2.29 bits per heavy atom. The fraction of sp³-hybridized carbons (Fsp3) is 0.625. The van der Waals surface area contributed by atoms with Crippen LogP contribution in [0.3, 0.4) is 0 Å². The molecule has 0 amide bonds. The van der Waals surface area contributed by atoms with E-state index in [0.717, 1.165) is 17.4 Å². The molecule has 0 heterocycles. The van der Waals surface area contributed by atoms with Gasteiger partial charge in [-0.15, -0.1) is 0 Å². The van der Waals surface area contributed by atoms with Crippen LogP contribution in [-0.4, -0.2) is 5.11 Å². The topological polar surface area (TPSA) is 20.2 Å². The van der Waals surface area contributed by atoms with Gasteiger partial charge in [-0.2, -0.15) is 0 Å². The van der Waals surface area contributed by atoms with Crippen molar-refractivity contribution in [3.8, 4) is 5.75 Å². The molecule has 2 fully saturated rings. The highest BCUT2D eigenvalue weighted by Gasteiger charge is 2.61. The largest absolute Gasteiger partial charge is 0.508 e. The second kappa shape index (κ2) is 3.28. The van der Waals surface area contributed by atoms with Crippen LogP contribution in [0.4, 0.5) is 0 Å². The molecule has 0 aliphatic heterocycles. The van der Waals surface area contributed by atoms with Crippen LogP contribution in [0, 0.1) is 17.3 Å². The molecule has 0 radical (unpaired) electrons. The molecule has 1 heteroatoms. The summed E-state index contributed by atoms with van der Waals surface area (Å²) >= 11 is 0. The predicted molar refractivity (Wildman–Crippen MR) is 70.1 cm³/mol. The smallest absolute Gasteiger partial charge is 0.119 e. The molecule has 1 aromatic rings. The highest BCUT2D eigenvalue weighted by molar-refractivity contribution is 5.42. The first-order valence-electron chi connectivity index (χ1n) is 6.76. The van der Waals surface area contributed by atoms with Crippen molar-refractivity contribution in [3.05, 3.63) is 29.8 Å². The van der Waals surface area contributed by atoms with Crippen molar-refractivity contribution in [3.63, 3.8) is 0 Å². The van der Waals surface area contributed by atoms with Crippen LogP contribution in [0.25, 0.3) is 0 Å². The number of para-hydroxylation sites is 1. The molecule has 0 aromatic heterocycles. The van der Waals surface area contributed by atoms with Gasteiger partial charge >= 0.3 is 0 Å². The summed E-state index contributed by atoms with van der Waals surface area (Å²) in [5.41, 5.74) is 1.60. The van der Waals surface area contributed by atoms with Crippen LogP contribution >= 0.6 is 0 Å². The quantitative estimate of drug-likeness (QED) is 0.770. The van der Waals surface area contributed by atoms with Crippen molar-refractivity contribution in [2.24, 2.45) is 17.3 Å². The molecule has 0 saturated heterocycles. The van der Waals surface area contributed by atoms with Gasteiger partial charge in [0.2, 0.25) is 0 Å². The first-order valence-corrected chi connectivity index (χ1v) is 6.76. The van der Waals surface area contributed by atoms with Crippen molar-refractivity contribution in [1.82, 2.24) is 0 Å². The molecule has 2 saturated carbocycles. The third kappa shape index (κ3) is 1.20. The Morgan fingerprint density at radius 2 is 1.71 bits per heavy atom. The number of hydrogen-bond acceptors (Lipinski definition) is 1. The molecule has 2 aliphatic carbocycles. The lowest BCUT2D eigenvalue weighted by molar-refractivity contribution is 0.0926. The fourth-order valence-electron chi connectivity index (χ4n) is 4.59. The normalized spacial score (nSPS) is 38.5. The maximum absolute atomic E-state index is 10.2. The van der Waals surface area contributed by atoms with Gasteiger partial charge in [0.15, 0.2) is 0 Å². The van der Waals surface area contributed by atoms with E-state index in [1.165, 1.54) is 19.3 Å². The average molecular weight is 230 g/mol. The van der Waals surface area contributed by atoms with Crippen molar-refractivity contribution < 1.29 is 5.11 Å². The maximum Gasteiger partial charge on any atom is 0.119 e. The van der Waals surface area contributed by atoms with Gasteiger partial charge in [-0.1, -0.05) is 39.0 Å². The second-order valence-electron chi connectivity index (χ2n) is 6.65. The van der Waals surface area contributed by atoms with Gasteiger partial charge in [-0.3, -0.25) is 0 Å². The Morgan fingerprint density at radius 1 is 1.06 bits per heavy atom. The van der Waals surface area contributed by atoms with Crippen molar-refractivity contribution >= 4 is 0 Å². The Kier molecular flexibility index (Phi) is 2.14. The number of phenolic OH excluding ortho intramolecular Hbond substituents is 1. The third-order valence-electron chi connectivity index (χ3n) is 6.07. The molecule has 0 spiro atoms. The summed E-state index contributed by atoms with van der Waals surface area (Å²) in [6.07, 6.45) is 4.05. The number of benzene rings is 1. The van der Waals surface area contributed by atoms with Crippen molar-refractivity contribution in [2.75, 3.05) is 0 Å². The van der Waals surface area contributed by atoms with Gasteiger partial charge in [-0.05, 0) is 42.6 Å². The van der Waals surface area contributed by atoms with E-state index in [4.69, 9.17) is 0 Å². The minimum Gasteiger partial charge on any atom is -0.508 e.